The number of thioether (sulfide) groups is 1. The van der Waals surface area contributed by atoms with Crippen LogP contribution in [0.3, 0.4) is 0 Å². The predicted octanol–water partition coefficient (Wildman–Crippen LogP) is 2.22. The van der Waals surface area contributed by atoms with Crippen molar-refractivity contribution in [3.63, 3.8) is 0 Å². The zero-order chi connectivity index (χ0) is 8.81. The van der Waals surface area contributed by atoms with Crippen LogP contribution in [-0.4, -0.2) is 17.5 Å². The number of aliphatic hydroxyl groups is 1. The van der Waals surface area contributed by atoms with Gasteiger partial charge in [-0.05, 0) is 12.5 Å². The molecule has 0 saturated carbocycles. The minimum absolute atomic E-state index is 0.274. The predicted molar refractivity (Wildman–Crippen MR) is 54.4 cm³/mol. The van der Waals surface area contributed by atoms with Crippen molar-refractivity contribution in [2.75, 3.05) is 12.4 Å². The summed E-state index contributed by atoms with van der Waals surface area (Å²) < 4.78 is 0. The van der Waals surface area contributed by atoms with Crippen LogP contribution >= 0.6 is 11.8 Å². The molecule has 1 nitrogen and oxygen atoms in total. The molecule has 0 atom stereocenters. The molecule has 0 amide bonds. The monoisotopic (exact) mass is 182 g/mol. The Kier molecular flexibility index (Phi) is 4.19. The number of aliphatic hydroxyl groups excluding tert-OH is 1. The summed E-state index contributed by atoms with van der Waals surface area (Å²) in [4.78, 5) is 0. The van der Waals surface area contributed by atoms with Crippen LogP contribution in [-0.2, 0) is 5.75 Å². The lowest BCUT2D eigenvalue weighted by atomic mass is 10.2. The summed E-state index contributed by atoms with van der Waals surface area (Å²) in [5.41, 5.74) is 2.64. The van der Waals surface area contributed by atoms with E-state index in [1.807, 2.05) is 0 Å². The highest BCUT2D eigenvalue weighted by Crippen LogP contribution is 2.12. The molecular formula is C10H14OS. The van der Waals surface area contributed by atoms with Crippen molar-refractivity contribution < 1.29 is 5.11 Å². The number of aryl methyl sites for hydroxylation is 1. The van der Waals surface area contributed by atoms with E-state index in [4.69, 9.17) is 5.11 Å². The molecular weight excluding hydrogens is 168 g/mol. The van der Waals surface area contributed by atoms with Crippen molar-refractivity contribution in [3.05, 3.63) is 35.4 Å². The smallest absolute Gasteiger partial charge is 0.0521 e. The summed E-state index contributed by atoms with van der Waals surface area (Å²) in [5, 5.41) is 8.58. The van der Waals surface area contributed by atoms with E-state index in [9.17, 15) is 0 Å². The van der Waals surface area contributed by atoms with Crippen LogP contribution in [0.25, 0.3) is 0 Å². The van der Waals surface area contributed by atoms with Gasteiger partial charge in [0.15, 0.2) is 0 Å². The maximum atomic E-state index is 8.58. The van der Waals surface area contributed by atoms with E-state index in [1.54, 1.807) is 11.8 Å². The fourth-order valence-corrected chi connectivity index (χ4v) is 1.75. The zero-order valence-corrected chi connectivity index (χ0v) is 8.10. The highest BCUT2D eigenvalue weighted by Gasteiger charge is 1.92. The maximum Gasteiger partial charge on any atom is 0.0521 e. The Balaban J connectivity index is 2.41. The van der Waals surface area contributed by atoms with E-state index < -0.39 is 0 Å². The average Bonchev–Trinajstić information content (AvgIpc) is 2.05. The van der Waals surface area contributed by atoms with Crippen LogP contribution in [0.4, 0.5) is 0 Å². The van der Waals surface area contributed by atoms with Crippen LogP contribution in [0.2, 0.25) is 0 Å². The van der Waals surface area contributed by atoms with E-state index in [0.717, 1.165) is 11.5 Å². The normalized spacial score (nSPS) is 10.2. The van der Waals surface area contributed by atoms with Crippen LogP contribution in [0.1, 0.15) is 11.1 Å². The molecule has 1 rings (SSSR count). The van der Waals surface area contributed by atoms with Gasteiger partial charge in [-0.3, -0.25) is 0 Å². The SMILES string of the molecule is Cc1cccc(CSCCO)c1. The van der Waals surface area contributed by atoms with Gasteiger partial charge in [0.2, 0.25) is 0 Å². The van der Waals surface area contributed by atoms with Gasteiger partial charge in [-0.1, -0.05) is 29.8 Å². The highest BCUT2D eigenvalue weighted by molar-refractivity contribution is 7.98. The molecule has 1 N–H and O–H groups in total. The van der Waals surface area contributed by atoms with Crippen molar-refractivity contribution in [2.24, 2.45) is 0 Å². The average molecular weight is 182 g/mol. The van der Waals surface area contributed by atoms with Gasteiger partial charge in [-0.25, -0.2) is 0 Å². The topological polar surface area (TPSA) is 20.2 Å². The Morgan fingerprint density at radius 3 is 2.92 bits per heavy atom. The molecule has 0 aliphatic heterocycles. The lowest BCUT2D eigenvalue weighted by molar-refractivity contribution is 0.322. The van der Waals surface area contributed by atoms with Gasteiger partial charge in [-0.15, -0.1) is 0 Å². The third-order valence-electron chi connectivity index (χ3n) is 1.59. The Morgan fingerprint density at radius 2 is 2.25 bits per heavy atom. The molecule has 1 aromatic rings. The summed E-state index contributed by atoms with van der Waals surface area (Å²) in [7, 11) is 0. The summed E-state index contributed by atoms with van der Waals surface area (Å²) in [6, 6.07) is 8.48. The fourth-order valence-electron chi connectivity index (χ4n) is 1.06. The van der Waals surface area contributed by atoms with E-state index in [1.165, 1.54) is 11.1 Å². The highest BCUT2D eigenvalue weighted by atomic mass is 32.2. The van der Waals surface area contributed by atoms with Crippen molar-refractivity contribution in [2.45, 2.75) is 12.7 Å². The van der Waals surface area contributed by atoms with E-state index in [0.29, 0.717) is 0 Å². The van der Waals surface area contributed by atoms with Crippen molar-refractivity contribution in [1.29, 1.82) is 0 Å². The van der Waals surface area contributed by atoms with Crippen molar-refractivity contribution >= 4 is 11.8 Å². The lowest BCUT2D eigenvalue weighted by Crippen LogP contribution is -1.88. The second-order valence-electron chi connectivity index (χ2n) is 2.77. The summed E-state index contributed by atoms with van der Waals surface area (Å²) in [5.74, 6) is 1.83. The molecule has 0 fully saturated rings. The quantitative estimate of drug-likeness (QED) is 0.720. The van der Waals surface area contributed by atoms with E-state index in [-0.39, 0.29) is 6.61 Å². The Labute approximate surface area is 77.8 Å². The molecule has 1 aromatic carbocycles. The van der Waals surface area contributed by atoms with Gasteiger partial charge in [0.05, 0.1) is 6.61 Å². The van der Waals surface area contributed by atoms with Crippen LogP contribution < -0.4 is 0 Å². The van der Waals surface area contributed by atoms with Gasteiger partial charge in [0.1, 0.15) is 0 Å². The van der Waals surface area contributed by atoms with Gasteiger partial charge in [0.25, 0.3) is 0 Å². The van der Waals surface area contributed by atoms with Gasteiger partial charge < -0.3 is 5.11 Å². The van der Waals surface area contributed by atoms with Crippen molar-refractivity contribution in [1.82, 2.24) is 0 Å². The fraction of sp³-hybridized carbons (Fsp3) is 0.400. The molecule has 0 aliphatic carbocycles. The van der Waals surface area contributed by atoms with Crippen molar-refractivity contribution in [3.8, 4) is 0 Å². The number of rotatable bonds is 4. The standard InChI is InChI=1S/C10H14OS/c1-9-3-2-4-10(7-9)8-12-6-5-11/h2-4,7,11H,5-6,8H2,1H3. The first-order valence-electron chi connectivity index (χ1n) is 4.07. The number of hydrogen-bond donors (Lipinski definition) is 1. The minimum Gasteiger partial charge on any atom is -0.396 e. The molecule has 0 heterocycles. The first-order valence-corrected chi connectivity index (χ1v) is 5.22. The molecule has 0 aromatic heterocycles. The van der Waals surface area contributed by atoms with E-state index >= 15 is 0 Å². The van der Waals surface area contributed by atoms with Crippen LogP contribution in [0.15, 0.2) is 24.3 Å². The largest absolute Gasteiger partial charge is 0.396 e. The molecule has 12 heavy (non-hydrogen) atoms. The second-order valence-corrected chi connectivity index (χ2v) is 3.87. The molecule has 2 heteroatoms. The third-order valence-corrected chi connectivity index (χ3v) is 2.60. The second kappa shape index (κ2) is 5.22. The molecule has 0 saturated heterocycles. The first-order chi connectivity index (χ1) is 5.83. The van der Waals surface area contributed by atoms with E-state index in [2.05, 4.69) is 31.2 Å². The Hall–Kier alpha value is -0.470. The zero-order valence-electron chi connectivity index (χ0n) is 7.29. The van der Waals surface area contributed by atoms with Crippen LogP contribution in [0, 0.1) is 6.92 Å². The van der Waals surface area contributed by atoms with Gasteiger partial charge in [0, 0.05) is 11.5 Å². The first kappa shape index (κ1) is 9.62. The molecule has 0 unspecified atom stereocenters. The van der Waals surface area contributed by atoms with Gasteiger partial charge in [-0.2, -0.15) is 11.8 Å². The van der Waals surface area contributed by atoms with Gasteiger partial charge >= 0.3 is 0 Å². The molecule has 0 bridgehead atoms. The summed E-state index contributed by atoms with van der Waals surface area (Å²) >= 11 is 1.77. The molecule has 0 radical (unpaired) electrons. The Bertz CT molecular complexity index is 235. The third kappa shape index (κ3) is 3.28. The van der Waals surface area contributed by atoms with Crippen LogP contribution in [0.5, 0.6) is 0 Å². The molecule has 0 spiro atoms. The minimum atomic E-state index is 0.274. The Morgan fingerprint density at radius 1 is 1.42 bits per heavy atom. The molecule has 0 aliphatic rings. The number of benzene rings is 1. The lowest BCUT2D eigenvalue weighted by Gasteiger charge is -2.00. The maximum absolute atomic E-state index is 8.58. The molecule has 66 valence electrons. The summed E-state index contributed by atoms with van der Waals surface area (Å²) in [6.45, 7) is 2.37. The summed E-state index contributed by atoms with van der Waals surface area (Å²) in [6.07, 6.45) is 0. The number of hydrogen-bond acceptors (Lipinski definition) is 2.